The van der Waals surface area contributed by atoms with Gasteiger partial charge in [-0.3, -0.25) is 15.0 Å². The largest absolute Gasteiger partial charge is 0.453 e. The molecule has 4 aromatic rings. The fraction of sp³-hybridized carbons (Fsp3) is 0.0833. The Morgan fingerprint density at radius 2 is 1.68 bits per heavy atom. The van der Waals surface area contributed by atoms with Crippen LogP contribution < -0.4 is 16.0 Å². The fourth-order valence-corrected chi connectivity index (χ4v) is 3.53. The minimum absolute atomic E-state index is 0.0523. The predicted molar refractivity (Wildman–Crippen MR) is 125 cm³/mol. The molecule has 0 unspecified atom stereocenters. The van der Waals surface area contributed by atoms with E-state index < -0.39 is 41.2 Å². The van der Waals surface area contributed by atoms with E-state index >= 15 is 0 Å². The highest BCUT2D eigenvalue weighted by atomic mass is 19.4. The Bertz CT molecular complexity index is 1520. The van der Waals surface area contributed by atoms with E-state index in [1.54, 1.807) is 6.07 Å². The summed E-state index contributed by atoms with van der Waals surface area (Å²) in [7, 11) is 1.19. The molecule has 1 aromatic heterocycles. The van der Waals surface area contributed by atoms with Gasteiger partial charge in [0.25, 0.3) is 0 Å². The van der Waals surface area contributed by atoms with Crippen LogP contribution in [0.3, 0.4) is 0 Å². The summed E-state index contributed by atoms with van der Waals surface area (Å²) in [6.07, 6.45) is -5.50. The Morgan fingerprint density at radius 1 is 1.00 bits per heavy atom. The van der Waals surface area contributed by atoms with Gasteiger partial charge in [0.2, 0.25) is 5.95 Å². The van der Waals surface area contributed by atoms with Crippen molar-refractivity contribution in [1.82, 2.24) is 9.97 Å². The molecule has 0 saturated carbocycles. The number of ether oxygens (including phenoxy) is 1. The highest BCUT2D eigenvalue weighted by Gasteiger charge is 2.32. The number of rotatable bonds is 5. The number of amides is 3. The van der Waals surface area contributed by atoms with Crippen LogP contribution in [0.2, 0.25) is 0 Å². The molecule has 9 nitrogen and oxygen atoms in total. The van der Waals surface area contributed by atoms with E-state index in [9.17, 15) is 31.9 Å². The maximum Gasteiger partial charge on any atom is 0.416 e. The van der Waals surface area contributed by atoms with Crippen molar-refractivity contribution in [2.75, 3.05) is 17.3 Å². The normalized spacial score (nSPS) is 11.3. The van der Waals surface area contributed by atoms with Crippen LogP contribution in [-0.4, -0.2) is 35.0 Å². The van der Waals surface area contributed by atoms with Crippen molar-refractivity contribution in [2.24, 2.45) is 5.73 Å². The zero-order chi connectivity index (χ0) is 26.9. The van der Waals surface area contributed by atoms with Crippen LogP contribution in [0.15, 0.2) is 60.7 Å². The number of halogens is 4. The quantitative estimate of drug-likeness (QED) is 0.244. The minimum atomic E-state index is -4.77. The molecule has 4 rings (SSSR count). The van der Waals surface area contributed by atoms with Crippen molar-refractivity contribution in [3.8, 4) is 0 Å². The number of nitrogens with two attached hydrogens (primary N) is 1. The number of benzene rings is 3. The number of aromatic amines is 1. The van der Waals surface area contributed by atoms with Crippen molar-refractivity contribution < 1.29 is 36.7 Å². The summed E-state index contributed by atoms with van der Waals surface area (Å²) in [6, 6.07) is 10.1. The Morgan fingerprint density at radius 3 is 2.30 bits per heavy atom. The molecule has 4 N–H and O–H groups in total. The molecule has 0 bridgehead atoms. The molecule has 0 aliphatic heterocycles. The van der Waals surface area contributed by atoms with Gasteiger partial charge < -0.3 is 15.5 Å². The standard InChI is InChI=1S/C24H17F4N5O4/c1-37-23(36)32-22-30-17-9-4-13(10-18(17)31-22)20(34)12-2-6-15(7-3-12)33(21(29)35)19-11-14(24(26,27)28)5-8-16(19)25/h2-11H,1H3,(H2,29,35)(H2,30,31,32,36). The molecule has 0 atom stereocenters. The van der Waals surface area contributed by atoms with E-state index in [1.807, 2.05) is 0 Å². The third kappa shape index (κ3) is 5.19. The summed E-state index contributed by atoms with van der Waals surface area (Å²) in [5.41, 5.74) is 4.76. The van der Waals surface area contributed by atoms with E-state index in [-0.39, 0.29) is 22.8 Å². The number of hydrogen-bond acceptors (Lipinski definition) is 5. The van der Waals surface area contributed by atoms with Crippen LogP contribution in [0, 0.1) is 5.82 Å². The molecule has 190 valence electrons. The monoisotopic (exact) mass is 515 g/mol. The summed E-state index contributed by atoms with van der Waals surface area (Å²) in [5, 5.41) is 2.37. The first-order chi connectivity index (χ1) is 17.5. The van der Waals surface area contributed by atoms with Gasteiger partial charge in [0.1, 0.15) is 5.82 Å². The molecule has 37 heavy (non-hydrogen) atoms. The Labute approximate surface area is 205 Å². The minimum Gasteiger partial charge on any atom is -0.453 e. The number of carbonyl (C=O) groups is 3. The zero-order valence-electron chi connectivity index (χ0n) is 18.9. The third-order valence-electron chi connectivity index (χ3n) is 5.27. The van der Waals surface area contributed by atoms with E-state index in [0.29, 0.717) is 34.1 Å². The van der Waals surface area contributed by atoms with Crippen molar-refractivity contribution in [3.63, 3.8) is 0 Å². The first kappa shape index (κ1) is 25.2. The van der Waals surface area contributed by atoms with E-state index in [0.717, 1.165) is 0 Å². The third-order valence-corrected chi connectivity index (χ3v) is 5.27. The lowest BCUT2D eigenvalue weighted by Crippen LogP contribution is -2.32. The van der Waals surface area contributed by atoms with Crippen LogP contribution in [0.5, 0.6) is 0 Å². The first-order valence-electron chi connectivity index (χ1n) is 10.4. The number of nitrogens with zero attached hydrogens (tertiary/aromatic N) is 2. The van der Waals surface area contributed by atoms with Crippen LogP contribution in [0.25, 0.3) is 11.0 Å². The van der Waals surface area contributed by atoms with Crippen molar-refractivity contribution >= 4 is 46.3 Å². The zero-order valence-corrected chi connectivity index (χ0v) is 18.9. The number of primary amides is 1. The van der Waals surface area contributed by atoms with Crippen LogP contribution in [-0.2, 0) is 10.9 Å². The molecule has 13 heteroatoms. The Kier molecular flexibility index (Phi) is 6.53. The summed E-state index contributed by atoms with van der Waals surface area (Å²) in [5.74, 6) is -1.42. The lowest BCUT2D eigenvalue weighted by molar-refractivity contribution is -0.137. The number of carbonyl (C=O) groups excluding carboxylic acids is 3. The molecule has 0 fully saturated rings. The summed E-state index contributed by atoms with van der Waals surface area (Å²) in [4.78, 5) is 44.0. The predicted octanol–water partition coefficient (Wildman–Crippen LogP) is 5.35. The molecule has 0 spiro atoms. The lowest BCUT2D eigenvalue weighted by atomic mass is 10.0. The number of aromatic nitrogens is 2. The van der Waals surface area contributed by atoms with Gasteiger partial charge in [0.05, 0.1) is 35.1 Å². The van der Waals surface area contributed by atoms with Gasteiger partial charge >= 0.3 is 18.3 Å². The van der Waals surface area contributed by atoms with Crippen molar-refractivity contribution in [2.45, 2.75) is 6.18 Å². The number of ketones is 1. The number of nitrogens with one attached hydrogen (secondary N) is 2. The molecule has 0 aliphatic carbocycles. The van der Waals surface area contributed by atoms with Gasteiger partial charge in [-0.25, -0.2) is 19.0 Å². The van der Waals surface area contributed by atoms with E-state index in [1.165, 1.54) is 43.5 Å². The second-order valence-electron chi connectivity index (χ2n) is 7.65. The summed E-state index contributed by atoms with van der Waals surface area (Å²) in [6.45, 7) is 0. The summed E-state index contributed by atoms with van der Waals surface area (Å²) < 4.78 is 58.2. The van der Waals surface area contributed by atoms with Gasteiger partial charge in [-0.05, 0) is 60.7 Å². The van der Waals surface area contributed by atoms with Gasteiger partial charge in [0.15, 0.2) is 5.78 Å². The number of H-pyrrole nitrogens is 1. The van der Waals surface area contributed by atoms with Gasteiger partial charge in [0, 0.05) is 11.1 Å². The smallest absolute Gasteiger partial charge is 0.416 e. The molecule has 0 saturated heterocycles. The van der Waals surface area contributed by atoms with Crippen LogP contribution in [0.4, 0.5) is 44.5 Å². The van der Waals surface area contributed by atoms with E-state index in [2.05, 4.69) is 20.0 Å². The number of anilines is 3. The first-order valence-corrected chi connectivity index (χ1v) is 10.4. The topological polar surface area (TPSA) is 130 Å². The van der Waals surface area contributed by atoms with Crippen LogP contribution >= 0.6 is 0 Å². The van der Waals surface area contributed by atoms with E-state index in [4.69, 9.17) is 5.73 Å². The van der Waals surface area contributed by atoms with Crippen molar-refractivity contribution in [3.05, 3.63) is 83.2 Å². The fourth-order valence-electron chi connectivity index (χ4n) is 3.53. The molecule has 3 aromatic carbocycles. The molecular formula is C24H17F4N5O4. The molecular weight excluding hydrogens is 498 g/mol. The second kappa shape index (κ2) is 9.60. The highest BCUT2D eigenvalue weighted by Crippen LogP contribution is 2.35. The van der Waals surface area contributed by atoms with Crippen LogP contribution in [0.1, 0.15) is 21.5 Å². The van der Waals surface area contributed by atoms with Gasteiger partial charge in [-0.1, -0.05) is 0 Å². The lowest BCUT2D eigenvalue weighted by Gasteiger charge is -2.22. The molecule has 0 radical (unpaired) electrons. The maximum absolute atomic E-state index is 14.4. The Balaban J connectivity index is 1.62. The summed E-state index contributed by atoms with van der Waals surface area (Å²) >= 11 is 0. The average molecular weight is 515 g/mol. The SMILES string of the molecule is COC(=O)Nc1nc2cc(C(=O)c3ccc(N(C(N)=O)c4cc(C(F)(F)F)ccc4F)cc3)ccc2[nH]1. The van der Waals surface area contributed by atoms with Gasteiger partial charge in [-0.15, -0.1) is 0 Å². The number of urea groups is 1. The van der Waals surface area contributed by atoms with Crippen molar-refractivity contribution in [1.29, 1.82) is 0 Å². The molecule has 0 aliphatic rings. The molecule has 3 amide bonds. The number of methoxy groups -OCH3 is 1. The Hall–Kier alpha value is -4.94. The number of imidazole rings is 1. The number of fused-ring (bicyclic) bond motifs is 1. The highest BCUT2D eigenvalue weighted by molar-refractivity contribution is 6.10. The second-order valence-corrected chi connectivity index (χ2v) is 7.65. The maximum atomic E-state index is 14.4. The molecule has 1 heterocycles. The van der Waals surface area contributed by atoms with Gasteiger partial charge in [-0.2, -0.15) is 13.2 Å². The number of alkyl halides is 3. The number of hydrogen-bond donors (Lipinski definition) is 3. The average Bonchev–Trinajstić information content (AvgIpc) is 3.25.